The molecule has 4 heterocycles. The second-order valence-electron chi connectivity index (χ2n) is 8.16. The lowest BCUT2D eigenvalue weighted by atomic mass is 10.1. The molecule has 2 saturated heterocycles. The van der Waals surface area contributed by atoms with Gasteiger partial charge in [0.05, 0.1) is 6.33 Å². The zero-order valence-electron chi connectivity index (χ0n) is 17.7. The van der Waals surface area contributed by atoms with E-state index in [1.165, 1.54) is 24.7 Å². The maximum atomic E-state index is 12.5. The first-order valence-corrected chi connectivity index (χ1v) is 14.6. The number of hydrogen-bond donors (Lipinski definition) is 7. The second kappa shape index (κ2) is 8.60. The standard InChI is InChI=1S/C14H21N4O14P3/c1-14(2)30-6-7(31-14)11(18-4-17-5-9(18)15-3-16-10(5)19)29-8(6)12(20)32-35(27,28)13(33(21,22)23)34(24,25)26/h3-4,6-8,11-13,20H,1-2H3,(H,27,28)(H,15,16,19)(H2,21,22,23)(H2,24,25,26)/t6-,7+,8-,11+,12?/m0/s1. The van der Waals surface area contributed by atoms with Crippen LogP contribution in [0.1, 0.15) is 20.1 Å². The Morgan fingerprint density at radius 2 is 1.63 bits per heavy atom. The Labute approximate surface area is 195 Å². The average Bonchev–Trinajstić information content (AvgIpc) is 3.29. The van der Waals surface area contributed by atoms with Crippen molar-refractivity contribution in [3.05, 3.63) is 12.7 Å². The summed E-state index contributed by atoms with van der Waals surface area (Å²) < 4.78 is 58.6. The van der Waals surface area contributed by atoms with Gasteiger partial charge in [-0.25, -0.2) is 9.97 Å². The van der Waals surface area contributed by atoms with E-state index in [4.69, 9.17) is 14.2 Å². The van der Waals surface area contributed by atoms with Gasteiger partial charge in [0.1, 0.15) is 24.6 Å². The van der Waals surface area contributed by atoms with Gasteiger partial charge in [0, 0.05) is 0 Å². The molecule has 2 aromatic rings. The number of hydrogen-bond acceptors (Lipinski definition) is 12. The lowest BCUT2D eigenvalue weighted by Gasteiger charge is -2.29. The number of aliphatic hydroxyl groups excluding tert-OH is 1. The minimum Gasteiger partial charge on any atom is -0.492 e. The highest BCUT2D eigenvalue weighted by atomic mass is 31.3. The number of aromatic hydroxyl groups is 1. The normalized spacial score (nSPS) is 29.4. The molecule has 2 aromatic heterocycles. The number of rotatable bonds is 7. The summed E-state index contributed by atoms with van der Waals surface area (Å²) in [7, 11) is -17.7. The predicted octanol–water partition coefficient (Wildman–Crippen LogP) is -0.891. The number of aromatic nitrogens is 4. The van der Waals surface area contributed by atoms with E-state index in [0.29, 0.717) is 0 Å². The molecule has 35 heavy (non-hydrogen) atoms. The van der Waals surface area contributed by atoms with Crippen molar-refractivity contribution in [3.8, 4) is 5.88 Å². The van der Waals surface area contributed by atoms with Crippen molar-refractivity contribution in [1.29, 1.82) is 0 Å². The van der Waals surface area contributed by atoms with E-state index < -0.39 is 70.4 Å². The zero-order valence-corrected chi connectivity index (χ0v) is 20.4. The van der Waals surface area contributed by atoms with Crippen LogP contribution >= 0.6 is 22.8 Å². The van der Waals surface area contributed by atoms with Crippen LogP contribution in [0.5, 0.6) is 5.88 Å². The van der Waals surface area contributed by atoms with Crippen LogP contribution in [0.4, 0.5) is 0 Å². The summed E-state index contributed by atoms with van der Waals surface area (Å²) in [5, 5.41) is 17.0. The first kappa shape index (κ1) is 26.7. The van der Waals surface area contributed by atoms with Crippen LogP contribution in [-0.4, -0.2) is 89.7 Å². The van der Waals surface area contributed by atoms with Gasteiger partial charge in [-0.05, 0) is 13.8 Å². The Bertz CT molecular complexity index is 1250. The molecule has 2 aliphatic heterocycles. The quantitative estimate of drug-likeness (QED) is 0.159. The van der Waals surface area contributed by atoms with E-state index in [9.17, 15) is 48.4 Å². The molecule has 2 fully saturated rings. The molecule has 0 amide bonds. The molecule has 0 saturated carbocycles. The molecule has 0 aromatic carbocycles. The molecule has 2 unspecified atom stereocenters. The smallest absolute Gasteiger partial charge is 0.358 e. The summed E-state index contributed by atoms with van der Waals surface area (Å²) in [5.74, 6) is -1.69. The van der Waals surface area contributed by atoms with Crippen molar-refractivity contribution in [1.82, 2.24) is 19.5 Å². The molecule has 196 valence electrons. The largest absolute Gasteiger partial charge is 0.492 e. The maximum Gasteiger partial charge on any atom is 0.358 e. The molecule has 0 aliphatic carbocycles. The number of nitrogens with zero attached hydrogens (tertiary/aromatic N) is 4. The zero-order chi connectivity index (χ0) is 26.1. The maximum absolute atomic E-state index is 12.5. The first-order valence-electron chi connectivity index (χ1n) is 9.59. The molecular formula is C14H21N4O14P3. The summed E-state index contributed by atoms with van der Waals surface area (Å²) in [4.78, 5) is 58.6. The third kappa shape index (κ3) is 4.95. The fourth-order valence-corrected chi connectivity index (χ4v) is 9.41. The Morgan fingerprint density at radius 3 is 2.23 bits per heavy atom. The van der Waals surface area contributed by atoms with Gasteiger partial charge in [-0.15, -0.1) is 0 Å². The molecule has 0 spiro atoms. The summed E-state index contributed by atoms with van der Waals surface area (Å²) in [6.45, 7) is 3.03. The van der Waals surface area contributed by atoms with E-state index in [-0.39, 0.29) is 11.2 Å². The van der Waals surface area contributed by atoms with Crippen LogP contribution in [0.15, 0.2) is 12.7 Å². The lowest BCUT2D eigenvalue weighted by molar-refractivity contribution is -0.225. The highest BCUT2D eigenvalue weighted by Gasteiger charge is 2.62. The van der Waals surface area contributed by atoms with Gasteiger partial charge in [0.2, 0.25) is 5.88 Å². The third-order valence-corrected chi connectivity index (χ3v) is 12.8. The van der Waals surface area contributed by atoms with E-state index >= 15 is 0 Å². The number of aliphatic hydroxyl groups is 1. The molecule has 2 aliphatic rings. The fraction of sp³-hybridized carbons (Fsp3) is 0.643. The van der Waals surface area contributed by atoms with E-state index in [0.717, 1.165) is 6.33 Å². The summed E-state index contributed by atoms with van der Waals surface area (Å²) >= 11 is 0. The monoisotopic (exact) mass is 562 g/mol. The molecule has 18 nitrogen and oxygen atoms in total. The Kier molecular flexibility index (Phi) is 6.56. The van der Waals surface area contributed by atoms with Crippen LogP contribution in [-0.2, 0) is 32.4 Å². The molecule has 6 atom stereocenters. The average molecular weight is 562 g/mol. The predicted molar refractivity (Wildman–Crippen MR) is 110 cm³/mol. The SMILES string of the molecule is CC1(C)O[C@@H]2[C@H](O1)[C@@H](C(O)OP(=O)(O)C(P(=O)(O)O)P(=O)(O)O)O[C@H]2n1cnc2c(O)ncnc21. The van der Waals surface area contributed by atoms with Crippen LogP contribution in [0.3, 0.4) is 0 Å². The van der Waals surface area contributed by atoms with Crippen molar-refractivity contribution in [2.75, 3.05) is 0 Å². The third-order valence-electron chi connectivity index (χ3n) is 5.11. The van der Waals surface area contributed by atoms with Gasteiger partial charge < -0.3 is 48.9 Å². The van der Waals surface area contributed by atoms with E-state index in [2.05, 4.69) is 19.5 Å². The fourth-order valence-electron chi connectivity index (χ4n) is 3.93. The molecule has 4 rings (SSSR count). The lowest BCUT2D eigenvalue weighted by Crippen LogP contribution is -2.40. The topological polar surface area (TPSA) is 273 Å². The van der Waals surface area contributed by atoms with Crippen molar-refractivity contribution in [2.45, 2.75) is 55.6 Å². The van der Waals surface area contributed by atoms with E-state index in [1.807, 2.05) is 0 Å². The minimum atomic E-state index is -5.89. The van der Waals surface area contributed by atoms with Crippen LogP contribution in [0, 0.1) is 0 Å². The number of fused-ring (bicyclic) bond motifs is 2. The van der Waals surface area contributed by atoms with Crippen molar-refractivity contribution < 1.29 is 67.1 Å². The number of ether oxygens (including phenoxy) is 3. The van der Waals surface area contributed by atoms with Gasteiger partial charge in [0.25, 0.3) is 5.14 Å². The molecule has 0 bridgehead atoms. The van der Waals surface area contributed by atoms with Crippen molar-refractivity contribution >= 4 is 34.0 Å². The number of imidazole rings is 1. The van der Waals surface area contributed by atoms with Gasteiger partial charge >= 0.3 is 22.8 Å². The Morgan fingerprint density at radius 1 is 1.03 bits per heavy atom. The second-order valence-corrected chi connectivity index (χ2v) is 14.6. The summed E-state index contributed by atoms with van der Waals surface area (Å²) in [5.41, 5.74) is 0.0820. The molecule has 21 heteroatoms. The van der Waals surface area contributed by atoms with Gasteiger partial charge in [-0.2, -0.15) is 4.98 Å². The molecule has 7 N–H and O–H groups in total. The van der Waals surface area contributed by atoms with Crippen molar-refractivity contribution in [2.24, 2.45) is 0 Å². The first-order chi connectivity index (χ1) is 15.9. The highest BCUT2D eigenvalue weighted by Crippen LogP contribution is 2.75. The van der Waals surface area contributed by atoms with Crippen LogP contribution in [0.25, 0.3) is 11.2 Å². The van der Waals surface area contributed by atoms with Crippen LogP contribution < -0.4 is 0 Å². The molecule has 0 radical (unpaired) electrons. The Balaban J connectivity index is 1.67. The summed E-state index contributed by atoms with van der Waals surface area (Å²) in [6, 6.07) is 0. The highest BCUT2D eigenvalue weighted by molar-refractivity contribution is 7.87. The minimum absolute atomic E-state index is 0.00272. The van der Waals surface area contributed by atoms with E-state index in [1.54, 1.807) is 0 Å². The van der Waals surface area contributed by atoms with Crippen molar-refractivity contribution in [3.63, 3.8) is 0 Å². The van der Waals surface area contributed by atoms with Gasteiger partial charge in [0.15, 0.2) is 29.5 Å². The van der Waals surface area contributed by atoms with Gasteiger partial charge in [-0.1, -0.05) is 0 Å². The van der Waals surface area contributed by atoms with Crippen LogP contribution in [0.2, 0.25) is 0 Å². The Hall–Kier alpha value is -1.36. The van der Waals surface area contributed by atoms with Gasteiger partial charge in [-0.3, -0.25) is 22.8 Å². The summed E-state index contributed by atoms with van der Waals surface area (Å²) in [6.07, 6.45) is -5.29. The molecular weight excluding hydrogens is 541 g/mol.